The van der Waals surface area contributed by atoms with Crippen LogP contribution >= 0.6 is 11.6 Å². The standard InChI is InChI=1S/C16H17ClO3/c1-19-9-8-12-2-5-14(6-3-12)20-16-7-4-13(11-18)10-15(16)17/h2-7,10,18H,8-9,11H2,1H3. The molecule has 4 heteroatoms. The zero-order valence-electron chi connectivity index (χ0n) is 11.3. The van der Waals surface area contributed by atoms with Crippen LogP contribution in [-0.4, -0.2) is 18.8 Å². The fourth-order valence-corrected chi connectivity index (χ4v) is 2.04. The molecule has 0 fully saturated rings. The van der Waals surface area contributed by atoms with Crippen LogP contribution in [0, 0.1) is 0 Å². The summed E-state index contributed by atoms with van der Waals surface area (Å²) in [4.78, 5) is 0. The van der Waals surface area contributed by atoms with E-state index in [1.54, 1.807) is 25.3 Å². The van der Waals surface area contributed by atoms with Crippen LogP contribution in [0.2, 0.25) is 5.02 Å². The summed E-state index contributed by atoms with van der Waals surface area (Å²) in [6.07, 6.45) is 0.878. The first-order valence-corrected chi connectivity index (χ1v) is 6.75. The van der Waals surface area contributed by atoms with Crippen LogP contribution in [-0.2, 0) is 17.8 Å². The SMILES string of the molecule is COCCc1ccc(Oc2ccc(CO)cc2Cl)cc1. The minimum absolute atomic E-state index is 0.0335. The van der Waals surface area contributed by atoms with Crippen molar-refractivity contribution >= 4 is 11.6 Å². The van der Waals surface area contributed by atoms with Gasteiger partial charge >= 0.3 is 0 Å². The van der Waals surface area contributed by atoms with Crippen molar-refractivity contribution in [1.29, 1.82) is 0 Å². The molecule has 0 aliphatic carbocycles. The molecule has 0 spiro atoms. The van der Waals surface area contributed by atoms with E-state index in [0.717, 1.165) is 17.7 Å². The van der Waals surface area contributed by atoms with Gasteiger partial charge in [-0.2, -0.15) is 0 Å². The molecule has 0 atom stereocenters. The summed E-state index contributed by atoms with van der Waals surface area (Å²) in [5, 5.41) is 9.52. The maximum Gasteiger partial charge on any atom is 0.146 e. The highest BCUT2D eigenvalue weighted by Crippen LogP contribution is 2.30. The quantitative estimate of drug-likeness (QED) is 0.880. The first-order chi connectivity index (χ1) is 9.72. The van der Waals surface area contributed by atoms with Crippen molar-refractivity contribution in [1.82, 2.24) is 0 Å². The second-order valence-electron chi connectivity index (χ2n) is 4.41. The largest absolute Gasteiger partial charge is 0.456 e. The van der Waals surface area contributed by atoms with E-state index in [1.165, 1.54) is 5.56 Å². The smallest absolute Gasteiger partial charge is 0.146 e. The summed E-state index contributed by atoms with van der Waals surface area (Å²) in [7, 11) is 1.69. The molecule has 106 valence electrons. The molecule has 2 aromatic carbocycles. The van der Waals surface area contributed by atoms with Gasteiger partial charge in [0.2, 0.25) is 0 Å². The van der Waals surface area contributed by atoms with E-state index in [0.29, 0.717) is 17.4 Å². The number of benzene rings is 2. The number of ether oxygens (including phenoxy) is 2. The van der Waals surface area contributed by atoms with Gasteiger partial charge in [-0.15, -0.1) is 0 Å². The Morgan fingerprint density at radius 3 is 2.35 bits per heavy atom. The van der Waals surface area contributed by atoms with Gasteiger partial charge in [0.15, 0.2) is 0 Å². The average molecular weight is 293 g/mol. The van der Waals surface area contributed by atoms with Crippen molar-refractivity contribution in [2.75, 3.05) is 13.7 Å². The third-order valence-electron chi connectivity index (χ3n) is 2.92. The van der Waals surface area contributed by atoms with Crippen LogP contribution in [0.15, 0.2) is 42.5 Å². The second-order valence-corrected chi connectivity index (χ2v) is 4.82. The first kappa shape index (κ1) is 14.9. The molecule has 0 bridgehead atoms. The molecule has 3 nitrogen and oxygen atoms in total. The van der Waals surface area contributed by atoms with E-state index in [-0.39, 0.29) is 6.61 Å². The normalized spacial score (nSPS) is 10.6. The summed E-state index contributed by atoms with van der Waals surface area (Å²) >= 11 is 6.11. The number of rotatable bonds is 6. The van der Waals surface area contributed by atoms with Gasteiger partial charge in [0.25, 0.3) is 0 Å². The highest BCUT2D eigenvalue weighted by atomic mass is 35.5. The molecule has 0 aliphatic heterocycles. The molecule has 0 aliphatic rings. The maximum atomic E-state index is 9.03. The molecular formula is C16H17ClO3. The topological polar surface area (TPSA) is 38.7 Å². The Labute approximate surface area is 123 Å². The summed E-state index contributed by atoms with van der Waals surface area (Å²) < 4.78 is 10.8. The lowest BCUT2D eigenvalue weighted by molar-refractivity contribution is 0.202. The van der Waals surface area contributed by atoms with E-state index in [1.807, 2.05) is 24.3 Å². The number of hydrogen-bond acceptors (Lipinski definition) is 3. The van der Waals surface area contributed by atoms with Crippen LogP contribution in [0.4, 0.5) is 0 Å². The summed E-state index contributed by atoms with van der Waals surface area (Å²) in [5.41, 5.74) is 1.96. The van der Waals surface area contributed by atoms with Gasteiger partial charge in [0.05, 0.1) is 18.2 Å². The van der Waals surface area contributed by atoms with Gasteiger partial charge in [-0.1, -0.05) is 29.8 Å². The van der Waals surface area contributed by atoms with Crippen LogP contribution in [0.1, 0.15) is 11.1 Å². The minimum atomic E-state index is -0.0335. The first-order valence-electron chi connectivity index (χ1n) is 6.38. The highest BCUT2D eigenvalue weighted by Gasteiger charge is 2.04. The Balaban J connectivity index is 2.06. The van der Waals surface area contributed by atoms with Gasteiger partial charge in [-0.3, -0.25) is 0 Å². The fraction of sp³-hybridized carbons (Fsp3) is 0.250. The lowest BCUT2D eigenvalue weighted by Crippen LogP contribution is -1.94. The van der Waals surface area contributed by atoms with E-state index in [9.17, 15) is 0 Å². The molecule has 0 saturated heterocycles. The number of hydrogen-bond donors (Lipinski definition) is 1. The molecular weight excluding hydrogens is 276 g/mol. The van der Waals surface area contributed by atoms with E-state index in [4.69, 9.17) is 26.2 Å². The molecule has 0 aromatic heterocycles. The monoisotopic (exact) mass is 292 g/mol. The van der Waals surface area contributed by atoms with Crippen LogP contribution < -0.4 is 4.74 Å². The summed E-state index contributed by atoms with van der Waals surface area (Å²) in [5.74, 6) is 1.30. The molecule has 20 heavy (non-hydrogen) atoms. The molecule has 0 unspecified atom stereocenters. The minimum Gasteiger partial charge on any atom is -0.456 e. The Kier molecular flexibility index (Phi) is 5.41. The Morgan fingerprint density at radius 2 is 1.75 bits per heavy atom. The summed E-state index contributed by atoms with van der Waals surface area (Å²) in [6, 6.07) is 13.1. The molecule has 2 aromatic rings. The molecule has 1 N–H and O–H groups in total. The molecule has 0 saturated carbocycles. The van der Waals surface area contributed by atoms with Gasteiger partial charge in [0.1, 0.15) is 11.5 Å². The zero-order valence-corrected chi connectivity index (χ0v) is 12.1. The van der Waals surface area contributed by atoms with E-state index < -0.39 is 0 Å². The van der Waals surface area contributed by atoms with Crippen LogP contribution in [0.5, 0.6) is 11.5 Å². The van der Waals surface area contributed by atoms with Crippen LogP contribution in [0.25, 0.3) is 0 Å². The number of halogens is 1. The van der Waals surface area contributed by atoms with Crippen molar-refractivity contribution in [3.05, 3.63) is 58.6 Å². The van der Waals surface area contributed by atoms with Crippen molar-refractivity contribution in [3.63, 3.8) is 0 Å². The third-order valence-corrected chi connectivity index (χ3v) is 3.22. The van der Waals surface area contributed by atoms with Gasteiger partial charge in [-0.25, -0.2) is 0 Å². The van der Waals surface area contributed by atoms with Gasteiger partial charge in [-0.05, 0) is 41.8 Å². The van der Waals surface area contributed by atoms with E-state index >= 15 is 0 Å². The van der Waals surface area contributed by atoms with E-state index in [2.05, 4.69) is 0 Å². The van der Waals surface area contributed by atoms with Crippen LogP contribution in [0.3, 0.4) is 0 Å². The van der Waals surface area contributed by atoms with Crippen molar-refractivity contribution < 1.29 is 14.6 Å². The zero-order chi connectivity index (χ0) is 14.4. The fourth-order valence-electron chi connectivity index (χ4n) is 1.80. The molecule has 0 amide bonds. The Bertz CT molecular complexity index is 552. The van der Waals surface area contributed by atoms with Crippen molar-refractivity contribution in [2.24, 2.45) is 0 Å². The second kappa shape index (κ2) is 7.29. The summed E-state index contributed by atoms with van der Waals surface area (Å²) in [6.45, 7) is 0.669. The van der Waals surface area contributed by atoms with Gasteiger partial charge in [0, 0.05) is 7.11 Å². The predicted molar refractivity (Wildman–Crippen MR) is 79.5 cm³/mol. The average Bonchev–Trinajstić information content (AvgIpc) is 2.48. The lowest BCUT2D eigenvalue weighted by atomic mass is 10.1. The molecule has 2 rings (SSSR count). The predicted octanol–water partition coefficient (Wildman–Crippen LogP) is 3.81. The van der Waals surface area contributed by atoms with Gasteiger partial charge < -0.3 is 14.6 Å². The Hall–Kier alpha value is -1.55. The molecule has 0 heterocycles. The third kappa shape index (κ3) is 3.97. The number of aliphatic hydroxyl groups is 1. The highest BCUT2D eigenvalue weighted by molar-refractivity contribution is 6.32. The van der Waals surface area contributed by atoms with Crippen molar-refractivity contribution in [3.8, 4) is 11.5 Å². The lowest BCUT2D eigenvalue weighted by Gasteiger charge is -2.09. The number of methoxy groups -OCH3 is 1. The maximum absolute atomic E-state index is 9.03. The Morgan fingerprint density at radius 1 is 1.05 bits per heavy atom. The molecule has 0 radical (unpaired) electrons. The number of aliphatic hydroxyl groups excluding tert-OH is 1. The van der Waals surface area contributed by atoms with Crippen molar-refractivity contribution in [2.45, 2.75) is 13.0 Å².